The number of halogens is 3. The van der Waals surface area contributed by atoms with Crippen LogP contribution in [0, 0.1) is 0 Å². The first-order valence-corrected chi connectivity index (χ1v) is 6.10. The maximum Gasteiger partial charge on any atom is 0.389 e. The molecule has 6 heteroatoms. The minimum atomic E-state index is -4.13. The zero-order valence-electron chi connectivity index (χ0n) is 11.3. The molecule has 0 aromatic carbocycles. The van der Waals surface area contributed by atoms with Crippen LogP contribution in [0.4, 0.5) is 19.0 Å². The van der Waals surface area contributed by atoms with Gasteiger partial charge in [-0.25, -0.2) is 0 Å². The Kier molecular flexibility index (Phi) is 5.03. The summed E-state index contributed by atoms with van der Waals surface area (Å²) < 4.78 is 41.1. The van der Waals surface area contributed by atoms with Crippen molar-refractivity contribution in [3.8, 4) is 5.88 Å². The first-order valence-electron chi connectivity index (χ1n) is 6.10. The molecule has 0 saturated carbocycles. The van der Waals surface area contributed by atoms with Gasteiger partial charge in [0, 0.05) is 18.0 Å². The van der Waals surface area contributed by atoms with Crippen LogP contribution in [-0.4, -0.2) is 23.3 Å². The molecule has 1 N–H and O–H groups in total. The second kappa shape index (κ2) is 6.12. The van der Waals surface area contributed by atoms with Gasteiger partial charge in [-0.1, -0.05) is 6.07 Å². The normalized spacial score (nSPS) is 12.3. The van der Waals surface area contributed by atoms with Crippen molar-refractivity contribution in [2.24, 2.45) is 0 Å². The van der Waals surface area contributed by atoms with Crippen LogP contribution in [0.2, 0.25) is 0 Å². The predicted molar refractivity (Wildman–Crippen MR) is 68.4 cm³/mol. The third-order valence-corrected chi connectivity index (χ3v) is 2.08. The number of ether oxygens (including phenoxy) is 1. The molecule has 0 unspecified atom stereocenters. The number of pyridine rings is 1. The van der Waals surface area contributed by atoms with Gasteiger partial charge in [-0.3, -0.25) is 0 Å². The summed E-state index contributed by atoms with van der Waals surface area (Å²) >= 11 is 0. The van der Waals surface area contributed by atoms with Crippen molar-refractivity contribution >= 4 is 5.82 Å². The molecule has 0 saturated heterocycles. The van der Waals surface area contributed by atoms with Crippen LogP contribution in [0.15, 0.2) is 18.2 Å². The zero-order valence-corrected chi connectivity index (χ0v) is 11.3. The SMILES string of the molecule is CC(C)(C)Nc1cccc(OCCCC(F)(F)F)n1. The summed E-state index contributed by atoms with van der Waals surface area (Å²) in [5, 5.41) is 3.17. The van der Waals surface area contributed by atoms with Crippen LogP contribution in [-0.2, 0) is 0 Å². The van der Waals surface area contributed by atoms with Gasteiger partial charge in [0.1, 0.15) is 5.82 Å². The van der Waals surface area contributed by atoms with Crippen molar-refractivity contribution in [1.29, 1.82) is 0 Å². The molecule has 1 rings (SSSR count). The molecule has 19 heavy (non-hydrogen) atoms. The van der Waals surface area contributed by atoms with Crippen molar-refractivity contribution in [2.75, 3.05) is 11.9 Å². The van der Waals surface area contributed by atoms with E-state index in [0.29, 0.717) is 11.7 Å². The van der Waals surface area contributed by atoms with Crippen molar-refractivity contribution in [3.63, 3.8) is 0 Å². The maximum atomic E-state index is 12.0. The van der Waals surface area contributed by atoms with E-state index < -0.39 is 12.6 Å². The van der Waals surface area contributed by atoms with Gasteiger partial charge in [0.05, 0.1) is 6.61 Å². The predicted octanol–water partition coefficient (Wildman–Crippen LogP) is 4.01. The fourth-order valence-electron chi connectivity index (χ4n) is 1.40. The summed E-state index contributed by atoms with van der Waals surface area (Å²) in [5.74, 6) is 0.970. The number of anilines is 1. The summed E-state index contributed by atoms with van der Waals surface area (Å²) in [5.41, 5.74) is -0.137. The minimum Gasteiger partial charge on any atom is -0.478 e. The topological polar surface area (TPSA) is 34.1 Å². The number of hydrogen-bond donors (Lipinski definition) is 1. The molecule has 0 aliphatic heterocycles. The summed E-state index contributed by atoms with van der Waals surface area (Å²) in [6.07, 6.45) is -5.04. The molecule has 3 nitrogen and oxygen atoms in total. The maximum absolute atomic E-state index is 12.0. The average molecular weight is 276 g/mol. The third-order valence-electron chi connectivity index (χ3n) is 2.08. The fraction of sp³-hybridized carbons (Fsp3) is 0.615. The van der Waals surface area contributed by atoms with E-state index in [-0.39, 0.29) is 18.6 Å². The molecule has 0 aliphatic rings. The monoisotopic (exact) mass is 276 g/mol. The van der Waals surface area contributed by atoms with Crippen molar-refractivity contribution in [2.45, 2.75) is 45.3 Å². The second-order valence-electron chi connectivity index (χ2n) is 5.30. The van der Waals surface area contributed by atoms with E-state index in [4.69, 9.17) is 4.74 Å². The van der Waals surface area contributed by atoms with E-state index in [1.807, 2.05) is 20.8 Å². The van der Waals surface area contributed by atoms with Gasteiger partial charge in [-0.2, -0.15) is 18.2 Å². The minimum absolute atomic E-state index is 0.00544. The number of alkyl halides is 3. The molecule has 1 aromatic heterocycles. The van der Waals surface area contributed by atoms with Crippen LogP contribution in [0.25, 0.3) is 0 Å². The summed E-state index contributed by atoms with van der Waals surface area (Å²) in [4.78, 5) is 4.18. The van der Waals surface area contributed by atoms with Crippen molar-refractivity contribution in [3.05, 3.63) is 18.2 Å². The lowest BCUT2D eigenvalue weighted by atomic mass is 10.1. The van der Waals surface area contributed by atoms with Crippen LogP contribution in [0.1, 0.15) is 33.6 Å². The molecule has 0 bridgehead atoms. The van der Waals surface area contributed by atoms with E-state index >= 15 is 0 Å². The van der Waals surface area contributed by atoms with Gasteiger partial charge in [-0.15, -0.1) is 0 Å². The average Bonchev–Trinajstić information content (AvgIpc) is 2.21. The molecule has 1 aromatic rings. The van der Waals surface area contributed by atoms with Gasteiger partial charge < -0.3 is 10.1 Å². The molecule has 0 amide bonds. The third kappa shape index (κ3) is 7.54. The Morgan fingerprint density at radius 2 is 1.89 bits per heavy atom. The molecule has 0 spiro atoms. The number of nitrogens with zero attached hydrogens (tertiary/aromatic N) is 1. The van der Waals surface area contributed by atoms with Gasteiger partial charge >= 0.3 is 6.18 Å². The Balaban J connectivity index is 2.44. The highest BCUT2D eigenvalue weighted by Gasteiger charge is 2.26. The van der Waals surface area contributed by atoms with E-state index in [9.17, 15) is 13.2 Å². The Labute approximate surface area is 111 Å². The van der Waals surface area contributed by atoms with Gasteiger partial charge in [0.15, 0.2) is 0 Å². The number of hydrogen-bond acceptors (Lipinski definition) is 3. The fourth-order valence-corrected chi connectivity index (χ4v) is 1.40. The molecular formula is C13H19F3N2O. The van der Waals surface area contributed by atoms with E-state index in [0.717, 1.165) is 0 Å². The molecule has 1 heterocycles. The molecule has 0 fully saturated rings. The van der Waals surface area contributed by atoms with E-state index in [2.05, 4.69) is 10.3 Å². The van der Waals surface area contributed by atoms with Gasteiger partial charge in [0.25, 0.3) is 0 Å². The summed E-state index contributed by atoms with van der Waals surface area (Å²) in [7, 11) is 0. The lowest BCUT2D eigenvalue weighted by Gasteiger charge is -2.21. The Morgan fingerprint density at radius 1 is 1.21 bits per heavy atom. The number of aromatic nitrogens is 1. The van der Waals surface area contributed by atoms with Crippen LogP contribution < -0.4 is 10.1 Å². The largest absolute Gasteiger partial charge is 0.478 e. The molecular weight excluding hydrogens is 257 g/mol. The smallest absolute Gasteiger partial charge is 0.389 e. The summed E-state index contributed by atoms with van der Waals surface area (Å²) in [6, 6.07) is 5.16. The molecule has 0 radical (unpaired) electrons. The highest BCUT2D eigenvalue weighted by molar-refractivity contribution is 5.39. The summed E-state index contributed by atoms with van der Waals surface area (Å²) in [6.45, 7) is 5.98. The van der Waals surface area contributed by atoms with Crippen LogP contribution >= 0.6 is 0 Å². The molecule has 108 valence electrons. The first kappa shape index (κ1) is 15.6. The van der Waals surface area contributed by atoms with Crippen LogP contribution in [0.5, 0.6) is 5.88 Å². The van der Waals surface area contributed by atoms with E-state index in [1.165, 1.54) is 0 Å². The quantitative estimate of drug-likeness (QED) is 0.825. The zero-order chi connectivity index (χ0) is 14.5. The highest BCUT2D eigenvalue weighted by Crippen LogP contribution is 2.21. The van der Waals surface area contributed by atoms with Crippen molar-refractivity contribution < 1.29 is 17.9 Å². The Morgan fingerprint density at radius 3 is 2.47 bits per heavy atom. The van der Waals surface area contributed by atoms with Crippen LogP contribution in [0.3, 0.4) is 0 Å². The Hall–Kier alpha value is -1.46. The number of nitrogens with one attached hydrogen (secondary N) is 1. The lowest BCUT2D eigenvalue weighted by molar-refractivity contribution is -0.136. The molecule has 0 atom stereocenters. The lowest BCUT2D eigenvalue weighted by Crippen LogP contribution is -2.26. The van der Waals surface area contributed by atoms with Gasteiger partial charge in [0.2, 0.25) is 5.88 Å². The second-order valence-corrected chi connectivity index (χ2v) is 5.30. The standard InChI is InChI=1S/C13H19F3N2O/c1-12(2,3)18-10-6-4-7-11(17-10)19-9-5-8-13(14,15)16/h4,6-7H,5,8-9H2,1-3H3,(H,17,18). The number of rotatable bonds is 5. The van der Waals surface area contributed by atoms with E-state index in [1.54, 1.807) is 18.2 Å². The van der Waals surface area contributed by atoms with Crippen molar-refractivity contribution in [1.82, 2.24) is 4.98 Å². The molecule has 0 aliphatic carbocycles. The first-order chi connectivity index (χ1) is 8.66. The van der Waals surface area contributed by atoms with Gasteiger partial charge in [-0.05, 0) is 33.3 Å². The Bertz CT molecular complexity index is 400. The highest BCUT2D eigenvalue weighted by atomic mass is 19.4.